The number of allylic oxidation sites excluding steroid dienone is 9. The summed E-state index contributed by atoms with van der Waals surface area (Å²) >= 11 is 0. The standard InChI is InChI=1S/C18H30N2.C11H20.C8H16.C2H6/c1-9-17(12-11-13(3)4)20-16(8)19-15(7)18(10-2)14(5)6;1-3-4-5-7-10(2)11-8-6-9-11;1-3-5-7-8-6-4-2;1-2/h10-12,14H,2,9H2,1,3-8H3,(H,19,20);11H,2-9H2,1H3;3H,1,4-8H2,2H3;1-2H3/b17-12+,18-15+;;;. The molecule has 2 heteroatoms. The summed E-state index contributed by atoms with van der Waals surface area (Å²) in [6.07, 6.45) is 25.4. The summed E-state index contributed by atoms with van der Waals surface area (Å²) < 4.78 is 0. The zero-order chi connectivity index (χ0) is 32.1. The maximum Gasteiger partial charge on any atom is 0.103 e. The van der Waals surface area contributed by atoms with Crippen molar-refractivity contribution in [1.82, 2.24) is 5.32 Å². The van der Waals surface area contributed by atoms with E-state index in [9.17, 15) is 0 Å². The third-order valence-electron chi connectivity index (χ3n) is 6.98. The molecule has 2 nitrogen and oxygen atoms in total. The lowest BCUT2D eigenvalue weighted by Gasteiger charge is -2.27. The predicted molar refractivity (Wildman–Crippen MR) is 193 cm³/mol. The van der Waals surface area contributed by atoms with Crippen molar-refractivity contribution in [2.75, 3.05) is 0 Å². The molecule has 0 aromatic heterocycles. The SMILES string of the molecule is C=C(CCCCC)C1CCC1.C=C/C(=C(/C)N=C(C)N/C(=C/C=C(C)C)CC)C(C)C.C=CCCCCCC.CC. The lowest BCUT2D eigenvalue weighted by atomic mass is 9.78. The van der Waals surface area contributed by atoms with E-state index >= 15 is 0 Å². The highest BCUT2D eigenvalue weighted by Gasteiger charge is 2.19. The Kier molecular flexibility index (Phi) is 32.6. The summed E-state index contributed by atoms with van der Waals surface area (Å²) in [5.74, 6) is 2.26. The van der Waals surface area contributed by atoms with Gasteiger partial charge in [-0.2, -0.15) is 0 Å². The minimum atomic E-state index is 0.441. The van der Waals surface area contributed by atoms with Crippen LogP contribution in [0.15, 0.2) is 77.1 Å². The second kappa shape index (κ2) is 30.9. The lowest BCUT2D eigenvalue weighted by Crippen LogP contribution is -2.19. The van der Waals surface area contributed by atoms with Crippen molar-refractivity contribution in [3.63, 3.8) is 0 Å². The van der Waals surface area contributed by atoms with Crippen LogP contribution in [0.2, 0.25) is 0 Å². The number of hydrogen-bond donors (Lipinski definition) is 1. The highest BCUT2D eigenvalue weighted by Crippen LogP contribution is 2.34. The van der Waals surface area contributed by atoms with Crippen LogP contribution in [-0.2, 0) is 0 Å². The molecular formula is C39H72N2. The molecule has 1 N–H and O–H groups in total. The molecule has 0 atom stereocenters. The summed E-state index contributed by atoms with van der Waals surface area (Å²) in [6, 6.07) is 0. The topological polar surface area (TPSA) is 24.4 Å². The third-order valence-corrected chi connectivity index (χ3v) is 6.98. The Morgan fingerprint density at radius 1 is 0.878 bits per heavy atom. The van der Waals surface area contributed by atoms with E-state index in [1.807, 2.05) is 39.8 Å². The largest absolute Gasteiger partial charge is 0.348 e. The highest BCUT2D eigenvalue weighted by molar-refractivity contribution is 5.82. The van der Waals surface area contributed by atoms with Gasteiger partial charge in [-0.05, 0) is 96.1 Å². The van der Waals surface area contributed by atoms with Crippen LogP contribution in [0.4, 0.5) is 0 Å². The van der Waals surface area contributed by atoms with Crippen molar-refractivity contribution < 1.29 is 0 Å². The van der Waals surface area contributed by atoms with Gasteiger partial charge in [-0.3, -0.25) is 0 Å². The Balaban J connectivity index is -0.000000573. The molecule has 0 heterocycles. The normalized spacial score (nSPS) is 13.6. The molecule has 0 aromatic carbocycles. The Labute approximate surface area is 259 Å². The summed E-state index contributed by atoms with van der Waals surface area (Å²) in [5.41, 5.74) is 6.21. The Morgan fingerprint density at radius 3 is 1.88 bits per heavy atom. The fourth-order valence-corrected chi connectivity index (χ4v) is 4.23. The van der Waals surface area contributed by atoms with Crippen molar-refractivity contribution in [3.8, 4) is 0 Å². The molecule has 1 aliphatic carbocycles. The molecule has 1 saturated carbocycles. The van der Waals surface area contributed by atoms with Crippen molar-refractivity contribution in [2.24, 2.45) is 16.8 Å². The van der Waals surface area contributed by atoms with Crippen LogP contribution >= 0.6 is 0 Å². The van der Waals surface area contributed by atoms with Gasteiger partial charge in [-0.25, -0.2) is 4.99 Å². The number of nitrogens with one attached hydrogen (secondary N) is 1. The quantitative estimate of drug-likeness (QED) is 0.0646. The smallest absolute Gasteiger partial charge is 0.103 e. The van der Waals surface area contributed by atoms with E-state index < -0.39 is 0 Å². The predicted octanol–water partition coefficient (Wildman–Crippen LogP) is 13.5. The molecule has 0 radical (unpaired) electrons. The van der Waals surface area contributed by atoms with Gasteiger partial charge >= 0.3 is 0 Å². The van der Waals surface area contributed by atoms with Crippen molar-refractivity contribution >= 4 is 5.84 Å². The zero-order valence-corrected chi connectivity index (χ0v) is 29.7. The first-order valence-electron chi connectivity index (χ1n) is 16.9. The first-order chi connectivity index (χ1) is 19.6. The molecule has 0 spiro atoms. The summed E-state index contributed by atoms with van der Waals surface area (Å²) in [5, 5.41) is 3.37. The monoisotopic (exact) mass is 569 g/mol. The van der Waals surface area contributed by atoms with Gasteiger partial charge in [-0.15, -0.1) is 6.58 Å². The summed E-state index contributed by atoms with van der Waals surface area (Å²) in [6.45, 7) is 34.8. The van der Waals surface area contributed by atoms with E-state index in [1.165, 1.54) is 99.5 Å². The van der Waals surface area contributed by atoms with E-state index in [1.54, 1.807) is 0 Å². The molecule has 0 aliphatic heterocycles. The summed E-state index contributed by atoms with van der Waals surface area (Å²) in [4.78, 5) is 4.64. The van der Waals surface area contributed by atoms with E-state index in [-0.39, 0.29) is 0 Å². The van der Waals surface area contributed by atoms with E-state index in [0.717, 1.165) is 23.9 Å². The molecule has 41 heavy (non-hydrogen) atoms. The van der Waals surface area contributed by atoms with Gasteiger partial charge < -0.3 is 5.32 Å². The second-order valence-electron chi connectivity index (χ2n) is 11.4. The van der Waals surface area contributed by atoms with Crippen LogP contribution in [0.5, 0.6) is 0 Å². The van der Waals surface area contributed by atoms with Crippen LogP contribution in [-0.4, -0.2) is 5.84 Å². The highest BCUT2D eigenvalue weighted by atomic mass is 15.0. The fraction of sp³-hybridized carbons (Fsp3) is 0.667. The fourth-order valence-electron chi connectivity index (χ4n) is 4.23. The van der Waals surface area contributed by atoms with Gasteiger partial charge in [0.25, 0.3) is 0 Å². The van der Waals surface area contributed by atoms with Gasteiger partial charge in [0, 0.05) is 11.4 Å². The Morgan fingerprint density at radius 2 is 1.46 bits per heavy atom. The van der Waals surface area contributed by atoms with Crippen molar-refractivity contribution in [3.05, 3.63) is 72.2 Å². The van der Waals surface area contributed by atoms with E-state index in [0.29, 0.717) is 5.92 Å². The van der Waals surface area contributed by atoms with Gasteiger partial charge in [0.05, 0.1) is 0 Å². The maximum absolute atomic E-state index is 4.64. The van der Waals surface area contributed by atoms with E-state index in [4.69, 9.17) is 0 Å². The minimum Gasteiger partial charge on any atom is -0.348 e. The van der Waals surface area contributed by atoms with Crippen molar-refractivity contribution in [2.45, 2.75) is 160 Å². The average Bonchev–Trinajstić information content (AvgIpc) is 2.90. The number of aliphatic imine (C=N–C) groups is 1. The van der Waals surface area contributed by atoms with Crippen LogP contribution in [0, 0.1) is 11.8 Å². The molecule has 1 aliphatic rings. The van der Waals surface area contributed by atoms with Gasteiger partial charge in [0.15, 0.2) is 0 Å². The van der Waals surface area contributed by atoms with Gasteiger partial charge in [0.2, 0.25) is 0 Å². The lowest BCUT2D eigenvalue weighted by molar-refractivity contribution is 0.358. The van der Waals surface area contributed by atoms with Crippen molar-refractivity contribution in [1.29, 1.82) is 0 Å². The van der Waals surface area contributed by atoms with Crippen LogP contribution < -0.4 is 5.32 Å². The number of nitrogens with zero attached hydrogens (tertiary/aromatic N) is 1. The molecule has 0 unspecified atom stereocenters. The number of hydrogen-bond acceptors (Lipinski definition) is 1. The number of rotatable bonds is 16. The van der Waals surface area contributed by atoms with E-state index in [2.05, 4.69) is 90.7 Å². The molecule has 0 aromatic rings. The molecule has 0 saturated heterocycles. The van der Waals surface area contributed by atoms with Crippen LogP contribution in [0.1, 0.15) is 160 Å². The number of unbranched alkanes of at least 4 members (excludes halogenated alkanes) is 6. The number of amidine groups is 1. The average molecular weight is 569 g/mol. The van der Waals surface area contributed by atoms with Gasteiger partial charge in [-0.1, -0.05) is 130 Å². The zero-order valence-electron chi connectivity index (χ0n) is 29.7. The Bertz CT molecular complexity index is 780. The van der Waals surface area contributed by atoms with Gasteiger partial charge in [0.1, 0.15) is 5.84 Å². The second-order valence-corrected chi connectivity index (χ2v) is 11.4. The Hall–Kier alpha value is -2.09. The molecule has 0 amide bonds. The molecular weight excluding hydrogens is 496 g/mol. The maximum atomic E-state index is 4.64. The molecule has 0 bridgehead atoms. The minimum absolute atomic E-state index is 0.441. The molecule has 1 rings (SSSR count). The molecule has 1 fully saturated rings. The third kappa shape index (κ3) is 26.6. The van der Waals surface area contributed by atoms with Crippen LogP contribution in [0.3, 0.4) is 0 Å². The first kappa shape index (κ1) is 43.4. The summed E-state index contributed by atoms with van der Waals surface area (Å²) in [7, 11) is 0. The first-order valence-corrected chi connectivity index (χ1v) is 16.9. The molecule has 238 valence electrons. The van der Waals surface area contributed by atoms with Crippen LogP contribution in [0.25, 0.3) is 0 Å².